The van der Waals surface area contributed by atoms with E-state index >= 15 is 0 Å². The van der Waals surface area contributed by atoms with Gasteiger partial charge in [-0.2, -0.15) is 0 Å². The summed E-state index contributed by atoms with van der Waals surface area (Å²) in [6.07, 6.45) is 2.46. The van der Waals surface area contributed by atoms with E-state index < -0.39 is 11.9 Å². The molecule has 0 heterocycles. The lowest BCUT2D eigenvalue weighted by Crippen LogP contribution is -1.99. The Morgan fingerprint density at radius 3 is 2.11 bits per heavy atom. The summed E-state index contributed by atoms with van der Waals surface area (Å²) in [5.41, 5.74) is 1.02. The van der Waals surface area contributed by atoms with Gasteiger partial charge in [-0.3, -0.25) is 4.79 Å². The quantitative estimate of drug-likeness (QED) is 0.745. The van der Waals surface area contributed by atoms with E-state index in [9.17, 15) is 14.4 Å². The van der Waals surface area contributed by atoms with E-state index in [1.807, 2.05) is 0 Å². The van der Waals surface area contributed by atoms with Crippen molar-refractivity contribution in [2.45, 2.75) is 12.8 Å². The number of aromatic carboxylic acids is 1. The van der Waals surface area contributed by atoms with E-state index in [4.69, 9.17) is 10.2 Å². The van der Waals surface area contributed by atoms with Crippen molar-refractivity contribution < 1.29 is 24.6 Å². The Bertz CT molecular complexity index is 485. The van der Waals surface area contributed by atoms with Gasteiger partial charge in [0.25, 0.3) is 0 Å². The third-order valence-corrected chi connectivity index (χ3v) is 2.27. The first-order valence-electron chi connectivity index (χ1n) is 5.25. The smallest absolute Gasteiger partial charge is 0.335 e. The second-order valence-electron chi connectivity index (χ2n) is 3.64. The molecule has 1 aromatic carbocycles. The van der Waals surface area contributed by atoms with Gasteiger partial charge in [0.05, 0.1) is 5.56 Å². The van der Waals surface area contributed by atoms with Gasteiger partial charge >= 0.3 is 11.9 Å². The van der Waals surface area contributed by atoms with Gasteiger partial charge in [0.2, 0.25) is 0 Å². The fourth-order valence-corrected chi connectivity index (χ4v) is 1.33. The van der Waals surface area contributed by atoms with Crippen LogP contribution in [0.15, 0.2) is 36.4 Å². The van der Waals surface area contributed by atoms with Crippen LogP contribution in [-0.4, -0.2) is 27.9 Å². The minimum absolute atomic E-state index is 0.191. The number of hydrogen-bond donors (Lipinski definition) is 2. The second kappa shape index (κ2) is 6.34. The van der Waals surface area contributed by atoms with Crippen molar-refractivity contribution in [1.29, 1.82) is 0 Å². The number of hydrogen-bond acceptors (Lipinski definition) is 3. The van der Waals surface area contributed by atoms with Gasteiger partial charge in [-0.05, 0) is 30.2 Å². The number of carbonyl (C=O) groups excluding carboxylic acids is 1. The topological polar surface area (TPSA) is 91.7 Å². The predicted octanol–water partition coefficient (Wildman–Crippen LogP) is 1.53. The van der Waals surface area contributed by atoms with Crippen LogP contribution < -0.4 is 0 Å². The standard InChI is InChI=1S/C13H12O5/c14-11(7-8-12(15)16)6-3-9-1-4-10(5-2-9)13(17)18/h1-2,4-5,7-8H,3,6H2,(H,15,16)(H,17,18)/b8-7-. The van der Waals surface area contributed by atoms with E-state index in [1.165, 1.54) is 12.1 Å². The minimum Gasteiger partial charge on any atom is -0.478 e. The average molecular weight is 248 g/mol. The Morgan fingerprint density at radius 1 is 1.00 bits per heavy atom. The highest BCUT2D eigenvalue weighted by molar-refractivity contribution is 5.95. The number of allylic oxidation sites excluding steroid dienone is 1. The lowest BCUT2D eigenvalue weighted by atomic mass is 10.1. The first-order chi connectivity index (χ1) is 8.49. The van der Waals surface area contributed by atoms with E-state index in [-0.39, 0.29) is 17.8 Å². The summed E-state index contributed by atoms with van der Waals surface area (Å²) in [4.78, 5) is 32.0. The fraction of sp³-hybridized carbons (Fsp3) is 0.154. The lowest BCUT2D eigenvalue weighted by molar-refractivity contribution is -0.131. The van der Waals surface area contributed by atoms with Crippen LogP contribution in [0.3, 0.4) is 0 Å². The summed E-state index contributed by atoms with van der Waals surface area (Å²) < 4.78 is 0. The van der Waals surface area contributed by atoms with Gasteiger partial charge in [0.1, 0.15) is 0 Å². The Hall–Kier alpha value is -2.43. The number of carboxylic acids is 2. The van der Waals surface area contributed by atoms with E-state index in [1.54, 1.807) is 12.1 Å². The predicted molar refractivity (Wildman–Crippen MR) is 63.5 cm³/mol. The van der Waals surface area contributed by atoms with Crippen LogP contribution in [0.1, 0.15) is 22.3 Å². The molecule has 5 heteroatoms. The van der Waals surface area contributed by atoms with Crippen molar-refractivity contribution >= 4 is 17.7 Å². The molecule has 0 aromatic heterocycles. The Balaban J connectivity index is 2.51. The molecule has 0 radical (unpaired) electrons. The molecule has 0 aliphatic heterocycles. The third-order valence-electron chi connectivity index (χ3n) is 2.27. The van der Waals surface area contributed by atoms with Crippen molar-refractivity contribution in [2.75, 3.05) is 0 Å². The molecule has 0 aliphatic rings. The summed E-state index contributed by atoms with van der Waals surface area (Å²) in [6.45, 7) is 0. The van der Waals surface area contributed by atoms with Crippen molar-refractivity contribution in [3.05, 3.63) is 47.5 Å². The third kappa shape index (κ3) is 4.61. The number of rotatable bonds is 6. The molecular weight excluding hydrogens is 236 g/mol. The lowest BCUT2D eigenvalue weighted by Gasteiger charge is -2.00. The van der Waals surface area contributed by atoms with Crippen LogP contribution in [0, 0.1) is 0 Å². The molecule has 0 saturated heterocycles. The summed E-state index contributed by atoms with van der Waals surface area (Å²) >= 11 is 0. The number of benzene rings is 1. The van der Waals surface area contributed by atoms with Crippen LogP contribution in [0.4, 0.5) is 0 Å². The van der Waals surface area contributed by atoms with E-state index in [2.05, 4.69) is 0 Å². The zero-order valence-corrected chi connectivity index (χ0v) is 9.50. The molecular formula is C13H12O5. The van der Waals surface area contributed by atoms with Crippen LogP contribution in [0.5, 0.6) is 0 Å². The zero-order valence-electron chi connectivity index (χ0n) is 9.50. The van der Waals surface area contributed by atoms with Crippen molar-refractivity contribution in [2.24, 2.45) is 0 Å². The normalized spacial score (nSPS) is 10.4. The first-order valence-corrected chi connectivity index (χ1v) is 5.25. The number of carbonyl (C=O) groups is 3. The molecule has 0 unspecified atom stereocenters. The van der Waals surface area contributed by atoms with Gasteiger partial charge in [0, 0.05) is 12.5 Å². The van der Waals surface area contributed by atoms with Crippen LogP contribution in [-0.2, 0) is 16.0 Å². The maximum Gasteiger partial charge on any atom is 0.335 e. The molecule has 0 aliphatic carbocycles. The first kappa shape index (κ1) is 13.6. The van der Waals surface area contributed by atoms with Crippen LogP contribution in [0.2, 0.25) is 0 Å². The van der Waals surface area contributed by atoms with Gasteiger partial charge in [-0.25, -0.2) is 9.59 Å². The maximum atomic E-state index is 11.3. The summed E-state index contributed by atoms with van der Waals surface area (Å²) in [5.74, 6) is -2.43. The molecule has 1 rings (SSSR count). The average Bonchev–Trinajstić information content (AvgIpc) is 2.34. The number of aliphatic carboxylic acids is 1. The minimum atomic E-state index is -1.16. The number of aryl methyl sites for hydroxylation is 1. The Kier molecular flexibility index (Phi) is 4.80. The van der Waals surface area contributed by atoms with Crippen molar-refractivity contribution in [3.8, 4) is 0 Å². The summed E-state index contributed by atoms with van der Waals surface area (Å²) in [7, 11) is 0. The van der Waals surface area contributed by atoms with Gasteiger partial charge in [-0.15, -0.1) is 0 Å². The van der Waals surface area contributed by atoms with Gasteiger partial charge in [0.15, 0.2) is 5.78 Å². The van der Waals surface area contributed by atoms with E-state index in [0.29, 0.717) is 6.42 Å². The molecule has 18 heavy (non-hydrogen) atoms. The van der Waals surface area contributed by atoms with E-state index in [0.717, 1.165) is 17.7 Å². The zero-order chi connectivity index (χ0) is 13.5. The Morgan fingerprint density at radius 2 is 1.61 bits per heavy atom. The molecule has 94 valence electrons. The summed E-state index contributed by atoms with van der Waals surface area (Å²) in [5, 5.41) is 17.0. The van der Waals surface area contributed by atoms with Crippen LogP contribution in [0.25, 0.3) is 0 Å². The molecule has 5 nitrogen and oxygen atoms in total. The highest BCUT2D eigenvalue weighted by atomic mass is 16.4. The molecule has 0 amide bonds. The monoisotopic (exact) mass is 248 g/mol. The van der Waals surface area contributed by atoms with Crippen LogP contribution >= 0.6 is 0 Å². The molecule has 0 spiro atoms. The molecule has 2 N–H and O–H groups in total. The number of ketones is 1. The second-order valence-corrected chi connectivity index (χ2v) is 3.64. The Labute approximate surface area is 103 Å². The van der Waals surface area contributed by atoms with Gasteiger partial charge < -0.3 is 10.2 Å². The highest BCUT2D eigenvalue weighted by Gasteiger charge is 2.03. The SMILES string of the molecule is O=C(O)/C=C\C(=O)CCc1ccc(C(=O)O)cc1. The molecule has 0 bridgehead atoms. The molecule has 0 saturated carbocycles. The fourth-order valence-electron chi connectivity index (χ4n) is 1.33. The molecule has 0 atom stereocenters. The summed E-state index contributed by atoms with van der Waals surface area (Å²) in [6, 6.07) is 6.21. The highest BCUT2D eigenvalue weighted by Crippen LogP contribution is 2.07. The molecule has 1 aromatic rings. The van der Waals surface area contributed by atoms with Crippen molar-refractivity contribution in [3.63, 3.8) is 0 Å². The van der Waals surface area contributed by atoms with Crippen molar-refractivity contribution in [1.82, 2.24) is 0 Å². The maximum absolute atomic E-state index is 11.3. The molecule has 0 fully saturated rings. The number of carboxylic acid groups (broad SMARTS) is 2. The largest absolute Gasteiger partial charge is 0.478 e. The van der Waals surface area contributed by atoms with Gasteiger partial charge in [-0.1, -0.05) is 12.1 Å².